The Bertz CT molecular complexity index is 294. The van der Waals surface area contributed by atoms with Crippen LogP contribution in [0.2, 0.25) is 0 Å². The first-order chi connectivity index (χ1) is 8.47. The second-order valence-electron chi connectivity index (χ2n) is 3.59. The van der Waals surface area contributed by atoms with Crippen molar-refractivity contribution in [2.45, 2.75) is 25.3 Å². The molecule has 8 nitrogen and oxygen atoms in total. The number of ether oxygens (including phenoxy) is 1. The van der Waals surface area contributed by atoms with Crippen molar-refractivity contribution in [1.29, 1.82) is 0 Å². The van der Waals surface area contributed by atoms with Gasteiger partial charge in [0, 0.05) is 13.0 Å². The van der Waals surface area contributed by atoms with Crippen LogP contribution in [0.5, 0.6) is 0 Å². The fourth-order valence-corrected chi connectivity index (χ4v) is 1.20. The first-order valence-electron chi connectivity index (χ1n) is 5.49. The Morgan fingerprint density at radius 1 is 1.28 bits per heavy atom. The third kappa shape index (κ3) is 8.48. The molecular formula is C10H18N2O6. The number of carbonyl (C=O) groups excluding carboxylic acids is 1. The van der Waals surface area contributed by atoms with Crippen molar-refractivity contribution in [3.8, 4) is 0 Å². The monoisotopic (exact) mass is 262 g/mol. The molecule has 0 aromatic carbocycles. The maximum absolute atomic E-state index is 11.3. The average Bonchev–Trinajstić information content (AvgIpc) is 2.27. The van der Waals surface area contributed by atoms with Gasteiger partial charge < -0.3 is 26.0 Å². The lowest BCUT2D eigenvalue weighted by atomic mass is 10.1. The van der Waals surface area contributed by atoms with E-state index in [2.05, 4.69) is 5.32 Å². The summed E-state index contributed by atoms with van der Waals surface area (Å²) >= 11 is 0. The van der Waals surface area contributed by atoms with Crippen LogP contribution in [0.4, 0.5) is 0 Å². The van der Waals surface area contributed by atoms with Crippen LogP contribution in [0.1, 0.15) is 19.3 Å². The number of carbonyl (C=O) groups is 3. The van der Waals surface area contributed by atoms with Crippen LogP contribution < -0.4 is 11.1 Å². The molecule has 0 aromatic rings. The highest BCUT2D eigenvalue weighted by molar-refractivity contribution is 5.84. The van der Waals surface area contributed by atoms with Crippen molar-refractivity contribution < 1.29 is 29.3 Å². The largest absolute Gasteiger partial charge is 0.481 e. The summed E-state index contributed by atoms with van der Waals surface area (Å²) in [6, 6.07) is -1.10. The maximum Gasteiger partial charge on any atom is 0.326 e. The lowest BCUT2D eigenvalue weighted by molar-refractivity contribution is -0.143. The number of hydrogen-bond donors (Lipinski definition) is 4. The second kappa shape index (κ2) is 9.37. The molecule has 0 spiro atoms. The summed E-state index contributed by atoms with van der Waals surface area (Å²) in [5.74, 6) is -2.77. The minimum Gasteiger partial charge on any atom is -0.481 e. The second-order valence-corrected chi connectivity index (χ2v) is 3.59. The molecule has 5 N–H and O–H groups in total. The average molecular weight is 262 g/mol. The van der Waals surface area contributed by atoms with E-state index < -0.39 is 23.9 Å². The van der Waals surface area contributed by atoms with E-state index in [1.807, 2.05) is 0 Å². The summed E-state index contributed by atoms with van der Waals surface area (Å²) in [5, 5.41) is 19.5. The van der Waals surface area contributed by atoms with Crippen LogP contribution in [0, 0.1) is 0 Å². The lowest BCUT2D eigenvalue weighted by Gasteiger charge is -2.13. The highest BCUT2D eigenvalue weighted by atomic mass is 16.5. The third-order valence-corrected chi connectivity index (χ3v) is 2.01. The SMILES string of the molecule is NCCOCC(=O)N[C@H](CCCC(=O)O)C(=O)O. The van der Waals surface area contributed by atoms with E-state index in [1.165, 1.54) is 0 Å². The highest BCUT2D eigenvalue weighted by Crippen LogP contribution is 2.01. The number of hydrogen-bond acceptors (Lipinski definition) is 5. The first kappa shape index (κ1) is 16.3. The Balaban J connectivity index is 3.99. The molecule has 0 aliphatic carbocycles. The summed E-state index contributed by atoms with van der Waals surface area (Å²) in [5.41, 5.74) is 5.15. The van der Waals surface area contributed by atoms with E-state index in [1.54, 1.807) is 0 Å². The standard InChI is InChI=1S/C10H18N2O6/c11-4-5-18-6-8(13)12-7(10(16)17)2-1-3-9(14)15/h7H,1-6,11H2,(H,12,13)(H,14,15)(H,16,17)/t7-/m1/s1. The number of carboxylic acid groups (broad SMARTS) is 2. The van der Waals surface area contributed by atoms with Gasteiger partial charge in [0.1, 0.15) is 12.6 Å². The van der Waals surface area contributed by atoms with Gasteiger partial charge in [-0.3, -0.25) is 9.59 Å². The molecule has 0 bridgehead atoms. The zero-order chi connectivity index (χ0) is 14.0. The zero-order valence-electron chi connectivity index (χ0n) is 9.92. The highest BCUT2D eigenvalue weighted by Gasteiger charge is 2.19. The van der Waals surface area contributed by atoms with Gasteiger partial charge >= 0.3 is 11.9 Å². The molecule has 0 aliphatic heterocycles. The van der Waals surface area contributed by atoms with E-state index in [9.17, 15) is 14.4 Å². The van der Waals surface area contributed by atoms with Gasteiger partial charge in [-0.2, -0.15) is 0 Å². The quantitative estimate of drug-likeness (QED) is 0.362. The van der Waals surface area contributed by atoms with Crippen molar-refractivity contribution in [1.82, 2.24) is 5.32 Å². The van der Waals surface area contributed by atoms with E-state index in [0.717, 1.165) is 0 Å². The molecule has 0 unspecified atom stereocenters. The van der Waals surface area contributed by atoms with Gasteiger partial charge in [-0.25, -0.2) is 4.79 Å². The molecule has 1 atom stereocenters. The van der Waals surface area contributed by atoms with E-state index in [4.69, 9.17) is 20.7 Å². The summed E-state index contributed by atoms with van der Waals surface area (Å²) in [6.45, 7) is 0.221. The minimum absolute atomic E-state index is 0.0598. The van der Waals surface area contributed by atoms with E-state index in [0.29, 0.717) is 0 Å². The molecule has 0 heterocycles. The molecule has 1 amide bonds. The predicted octanol–water partition coefficient (Wildman–Crippen LogP) is -1.21. The molecule has 0 saturated heterocycles. The van der Waals surface area contributed by atoms with Crippen molar-refractivity contribution >= 4 is 17.8 Å². The molecule has 18 heavy (non-hydrogen) atoms. The van der Waals surface area contributed by atoms with Crippen molar-refractivity contribution in [3.63, 3.8) is 0 Å². The Kier molecular flexibility index (Phi) is 8.50. The Morgan fingerprint density at radius 3 is 2.44 bits per heavy atom. The van der Waals surface area contributed by atoms with Crippen LogP contribution in [0.25, 0.3) is 0 Å². The number of rotatable bonds is 10. The Hall–Kier alpha value is -1.67. The lowest BCUT2D eigenvalue weighted by Crippen LogP contribution is -2.42. The molecular weight excluding hydrogens is 244 g/mol. The molecule has 0 rings (SSSR count). The van der Waals surface area contributed by atoms with Crippen LogP contribution >= 0.6 is 0 Å². The van der Waals surface area contributed by atoms with E-state index in [-0.39, 0.29) is 39.0 Å². The molecule has 104 valence electrons. The number of amides is 1. The van der Waals surface area contributed by atoms with Crippen molar-refractivity contribution in [2.24, 2.45) is 5.73 Å². The van der Waals surface area contributed by atoms with Crippen LogP contribution in [0.3, 0.4) is 0 Å². The summed E-state index contributed by atoms with van der Waals surface area (Å²) in [6.07, 6.45) is 0.101. The summed E-state index contributed by atoms with van der Waals surface area (Å²) in [7, 11) is 0. The first-order valence-corrected chi connectivity index (χ1v) is 5.49. The number of carboxylic acids is 2. The van der Waals surface area contributed by atoms with Crippen LogP contribution in [-0.4, -0.2) is 53.9 Å². The Morgan fingerprint density at radius 2 is 1.94 bits per heavy atom. The van der Waals surface area contributed by atoms with Gasteiger partial charge in [0.25, 0.3) is 0 Å². The third-order valence-electron chi connectivity index (χ3n) is 2.01. The molecule has 0 aromatic heterocycles. The summed E-state index contributed by atoms with van der Waals surface area (Å²) < 4.78 is 4.84. The van der Waals surface area contributed by atoms with Gasteiger partial charge in [0.15, 0.2) is 0 Å². The number of nitrogens with two attached hydrogens (primary N) is 1. The predicted molar refractivity (Wildman–Crippen MR) is 60.9 cm³/mol. The van der Waals surface area contributed by atoms with Gasteiger partial charge in [-0.05, 0) is 12.8 Å². The minimum atomic E-state index is -1.20. The smallest absolute Gasteiger partial charge is 0.326 e. The molecule has 0 fully saturated rings. The summed E-state index contributed by atoms with van der Waals surface area (Å²) in [4.78, 5) is 32.4. The number of aliphatic carboxylic acids is 2. The molecule has 0 radical (unpaired) electrons. The van der Waals surface area contributed by atoms with Crippen molar-refractivity contribution in [3.05, 3.63) is 0 Å². The molecule has 8 heteroatoms. The number of nitrogens with one attached hydrogen (secondary N) is 1. The Labute approximate surface area is 104 Å². The van der Waals surface area contributed by atoms with E-state index >= 15 is 0 Å². The molecule has 0 saturated carbocycles. The normalized spacial score (nSPS) is 11.8. The molecule has 0 aliphatic rings. The van der Waals surface area contributed by atoms with Gasteiger partial charge in [0.2, 0.25) is 5.91 Å². The topological polar surface area (TPSA) is 139 Å². The van der Waals surface area contributed by atoms with Gasteiger partial charge in [0.05, 0.1) is 6.61 Å². The van der Waals surface area contributed by atoms with Gasteiger partial charge in [-0.15, -0.1) is 0 Å². The van der Waals surface area contributed by atoms with Crippen LogP contribution in [-0.2, 0) is 19.1 Å². The van der Waals surface area contributed by atoms with Crippen LogP contribution in [0.15, 0.2) is 0 Å². The van der Waals surface area contributed by atoms with Crippen molar-refractivity contribution in [2.75, 3.05) is 19.8 Å². The van der Waals surface area contributed by atoms with Gasteiger partial charge in [-0.1, -0.05) is 0 Å². The fourth-order valence-electron chi connectivity index (χ4n) is 1.20. The zero-order valence-corrected chi connectivity index (χ0v) is 9.92. The fraction of sp³-hybridized carbons (Fsp3) is 0.700. The maximum atomic E-state index is 11.3.